The molecular formula is C31H59NO12S. The molecule has 0 radical (unpaired) electrons. The lowest BCUT2D eigenvalue weighted by atomic mass is 9.99. The Morgan fingerprint density at radius 3 is 1.96 bits per heavy atom. The quantitative estimate of drug-likeness (QED) is 0.0403. The predicted molar refractivity (Wildman–Crippen MR) is 168 cm³/mol. The second-order valence-corrected chi connectivity index (χ2v) is 12.9. The van der Waals surface area contributed by atoms with Crippen molar-refractivity contribution in [2.45, 2.75) is 166 Å². The second kappa shape index (κ2) is 24.0. The first-order chi connectivity index (χ1) is 21.4. The molecule has 0 bridgehead atoms. The summed E-state index contributed by atoms with van der Waals surface area (Å²) in [6, 6.07) is -1.11. The van der Waals surface area contributed by atoms with E-state index in [4.69, 9.17) is 14.0 Å². The van der Waals surface area contributed by atoms with E-state index in [-0.39, 0.29) is 6.42 Å². The van der Waals surface area contributed by atoms with Crippen LogP contribution in [0.4, 0.5) is 0 Å². The Hall–Kier alpha value is -1.20. The third kappa shape index (κ3) is 18.1. The molecule has 266 valence electrons. The van der Waals surface area contributed by atoms with E-state index in [1.807, 2.05) is 6.92 Å². The van der Waals surface area contributed by atoms with Gasteiger partial charge < -0.3 is 40.3 Å². The summed E-state index contributed by atoms with van der Waals surface area (Å²) in [4.78, 5) is 12.8. The first kappa shape index (κ1) is 41.8. The van der Waals surface area contributed by atoms with E-state index < -0.39 is 78.5 Å². The molecule has 7 N–H and O–H groups in total. The minimum Gasteiger partial charge on any atom is -0.394 e. The number of ether oxygens (including phenoxy) is 2. The number of amides is 1. The van der Waals surface area contributed by atoms with Crippen LogP contribution in [0.1, 0.15) is 117 Å². The Balaban J connectivity index is 2.58. The predicted octanol–water partition coefficient (Wildman–Crippen LogP) is 2.67. The van der Waals surface area contributed by atoms with Crippen LogP contribution in [0.15, 0.2) is 12.2 Å². The number of allylic oxidation sites excluding steroid dienone is 1. The Labute approximate surface area is 269 Å². The molecule has 1 fully saturated rings. The maximum Gasteiger partial charge on any atom is 0.397 e. The fourth-order valence-electron chi connectivity index (χ4n) is 5.17. The molecule has 1 saturated heterocycles. The highest BCUT2D eigenvalue weighted by Crippen LogP contribution is 2.26. The van der Waals surface area contributed by atoms with Crippen LogP contribution in [-0.2, 0) is 28.9 Å². The molecule has 14 heteroatoms. The highest BCUT2D eigenvalue weighted by atomic mass is 32.3. The van der Waals surface area contributed by atoms with Crippen molar-refractivity contribution in [1.82, 2.24) is 5.32 Å². The molecule has 1 rings (SSSR count). The molecule has 13 nitrogen and oxygen atoms in total. The van der Waals surface area contributed by atoms with E-state index in [0.29, 0.717) is 12.8 Å². The summed E-state index contributed by atoms with van der Waals surface area (Å²) >= 11 is 0. The number of aliphatic hydroxyl groups is 5. The van der Waals surface area contributed by atoms with Crippen molar-refractivity contribution in [2.75, 3.05) is 13.2 Å². The van der Waals surface area contributed by atoms with E-state index >= 15 is 0 Å². The number of carbonyl (C=O) groups is 1. The monoisotopic (exact) mass is 669 g/mol. The van der Waals surface area contributed by atoms with Crippen molar-refractivity contribution in [3.63, 3.8) is 0 Å². The van der Waals surface area contributed by atoms with Crippen LogP contribution < -0.4 is 5.32 Å². The average Bonchev–Trinajstić information content (AvgIpc) is 2.99. The molecule has 1 amide bonds. The summed E-state index contributed by atoms with van der Waals surface area (Å²) in [7, 11) is -5.10. The maximum atomic E-state index is 12.8. The number of carbonyl (C=O) groups excluding carboxylic acids is 1. The molecule has 1 aliphatic heterocycles. The highest BCUT2D eigenvalue weighted by molar-refractivity contribution is 7.80. The van der Waals surface area contributed by atoms with E-state index in [9.17, 15) is 38.7 Å². The van der Waals surface area contributed by atoms with Crippen LogP contribution in [0, 0.1) is 0 Å². The van der Waals surface area contributed by atoms with Gasteiger partial charge in [0.05, 0.1) is 25.4 Å². The van der Waals surface area contributed by atoms with Crippen molar-refractivity contribution in [3.05, 3.63) is 12.2 Å². The molecule has 1 aliphatic rings. The molecular weight excluding hydrogens is 610 g/mol. The zero-order valence-corrected chi connectivity index (χ0v) is 27.9. The highest BCUT2D eigenvalue weighted by Gasteiger charge is 2.48. The number of aliphatic hydroxyl groups excluding tert-OH is 5. The fourth-order valence-corrected chi connectivity index (χ4v) is 5.68. The van der Waals surface area contributed by atoms with Crippen LogP contribution in [0.25, 0.3) is 0 Å². The smallest absolute Gasteiger partial charge is 0.394 e. The minimum atomic E-state index is -5.10. The SMILES string of the molecule is CCC/C=C/C(O)C(COC1OC(CO)C(O)C(OS(=O)(=O)O)C1O)NC(=O)C(O)CCCCCCCCCCCCCCC. The van der Waals surface area contributed by atoms with Gasteiger partial charge in [-0.2, -0.15) is 8.42 Å². The molecule has 0 saturated carbocycles. The second-order valence-electron chi connectivity index (χ2n) is 11.9. The maximum absolute atomic E-state index is 12.8. The molecule has 0 aromatic rings. The number of nitrogens with one attached hydrogen (secondary N) is 1. The van der Waals surface area contributed by atoms with E-state index in [0.717, 1.165) is 25.7 Å². The van der Waals surface area contributed by atoms with Gasteiger partial charge in [0.2, 0.25) is 5.91 Å². The molecule has 0 aliphatic carbocycles. The van der Waals surface area contributed by atoms with Crippen molar-refractivity contribution < 1.29 is 57.0 Å². The van der Waals surface area contributed by atoms with E-state index in [1.165, 1.54) is 63.9 Å². The van der Waals surface area contributed by atoms with Gasteiger partial charge in [-0.15, -0.1) is 0 Å². The third-order valence-electron chi connectivity index (χ3n) is 7.91. The third-order valence-corrected chi connectivity index (χ3v) is 8.37. The number of unbranched alkanes of at least 4 members (excludes halogenated alkanes) is 13. The molecule has 8 unspecified atom stereocenters. The topological polar surface area (TPSA) is 212 Å². The Morgan fingerprint density at radius 2 is 1.44 bits per heavy atom. The molecule has 8 atom stereocenters. The summed E-state index contributed by atoms with van der Waals surface area (Å²) in [5.74, 6) is -0.716. The van der Waals surface area contributed by atoms with Gasteiger partial charge >= 0.3 is 10.4 Å². The Kier molecular flexibility index (Phi) is 22.3. The summed E-state index contributed by atoms with van der Waals surface area (Å²) in [5, 5.41) is 54.0. The lowest BCUT2D eigenvalue weighted by Crippen LogP contribution is -2.61. The summed E-state index contributed by atoms with van der Waals surface area (Å²) in [5.41, 5.74) is 0. The van der Waals surface area contributed by atoms with E-state index in [2.05, 4.69) is 16.4 Å². The van der Waals surface area contributed by atoms with Gasteiger partial charge in [0.15, 0.2) is 6.29 Å². The normalized spacial score (nSPS) is 24.5. The molecule has 0 spiro atoms. The summed E-state index contributed by atoms with van der Waals surface area (Å²) in [6.07, 6.45) is 8.77. The minimum absolute atomic E-state index is 0.244. The molecule has 0 aromatic carbocycles. The van der Waals surface area contributed by atoms with Crippen molar-refractivity contribution in [3.8, 4) is 0 Å². The first-order valence-electron chi connectivity index (χ1n) is 16.7. The lowest BCUT2D eigenvalue weighted by Gasteiger charge is -2.41. The standard InChI is InChI=1S/C31H59NO12S/c1-3-5-7-8-9-10-11-12-13-14-15-16-18-20-25(35)30(38)32-23(24(34)19-17-6-4-2)22-42-31-28(37)29(44-45(39,40)41)27(36)26(21-33)43-31/h17,19,23-29,31,33-37H,3-16,18,20-22H2,1-2H3,(H,32,38)(H,39,40,41)/b19-17+. The summed E-state index contributed by atoms with van der Waals surface area (Å²) in [6.45, 7) is 2.90. The number of hydrogen-bond acceptors (Lipinski definition) is 11. The van der Waals surface area contributed by atoms with Crippen molar-refractivity contribution in [2.24, 2.45) is 0 Å². The van der Waals surface area contributed by atoms with Gasteiger partial charge in [0, 0.05) is 0 Å². The number of rotatable bonds is 26. The molecule has 1 heterocycles. The zero-order valence-electron chi connectivity index (χ0n) is 27.0. The van der Waals surface area contributed by atoms with Gasteiger partial charge in [-0.05, 0) is 12.8 Å². The molecule has 0 aromatic heterocycles. The first-order valence-corrected chi connectivity index (χ1v) is 18.0. The van der Waals surface area contributed by atoms with Crippen molar-refractivity contribution >= 4 is 16.3 Å². The average molecular weight is 670 g/mol. The number of hydrogen-bond donors (Lipinski definition) is 7. The van der Waals surface area contributed by atoms with E-state index in [1.54, 1.807) is 6.08 Å². The van der Waals surface area contributed by atoms with Gasteiger partial charge in [-0.3, -0.25) is 9.35 Å². The van der Waals surface area contributed by atoms with Gasteiger partial charge in [0.25, 0.3) is 0 Å². The Morgan fingerprint density at radius 1 is 0.889 bits per heavy atom. The van der Waals surface area contributed by atoms with Crippen LogP contribution in [0.5, 0.6) is 0 Å². The van der Waals surface area contributed by atoms with Gasteiger partial charge in [-0.1, -0.05) is 116 Å². The summed E-state index contributed by atoms with van der Waals surface area (Å²) < 4.78 is 46.7. The van der Waals surface area contributed by atoms with Crippen LogP contribution in [0.2, 0.25) is 0 Å². The van der Waals surface area contributed by atoms with Gasteiger partial charge in [0.1, 0.15) is 30.5 Å². The largest absolute Gasteiger partial charge is 0.397 e. The van der Waals surface area contributed by atoms with Crippen LogP contribution in [-0.4, -0.2) is 107 Å². The lowest BCUT2D eigenvalue weighted by molar-refractivity contribution is -0.298. The van der Waals surface area contributed by atoms with Crippen molar-refractivity contribution in [1.29, 1.82) is 0 Å². The Bertz CT molecular complexity index is 905. The van der Waals surface area contributed by atoms with Crippen LogP contribution in [0.3, 0.4) is 0 Å². The fraction of sp³-hybridized carbons (Fsp3) is 0.903. The molecule has 45 heavy (non-hydrogen) atoms. The van der Waals surface area contributed by atoms with Gasteiger partial charge in [-0.25, -0.2) is 4.18 Å². The van der Waals surface area contributed by atoms with Crippen LogP contribution >= 0.6 is 0 Å². The zero-order chi connectivity index (χ0) is 33.7.